The Morgan fingerprint density at radius 3 is 2.82 bits per heavy atom. The van der Waals surface area contributed by atoms with Crippen molar-refractivity contribution in [1.82, 2.24) is 9.88 Å². The minimum absolute atomic E-state index is 0.335. The van der Waals surface area contributed by atoms with E-state index in [0.29, 0.717) is 5.75 Å². The molecule has 0 amide bonds. The number of nitrogens with zero attached hydrogens (tertiary/aromatic N) is 1. The Hall–Kier alpha value is -2.26. The summed E-state index contributed by atoms with van der Waals surface area (Å²) in [6.45, 7) is 3.15. The zero-order chi connectivity index (χ0) is 14.9. The van der Waals surface area contributed by atoms with Crippen molar-refractivity contribution in [1.29, 1.82) is 0 Å². The molecule has 0 saturated heterocycles. The molecular weight excluding hydrogens is 272 g/mol. The Morgan fingerprint density at radius 1 is 1.00 bits per heavy atom. The molecule has 0 radical (unpaired) electrons. The number of rotatable bonds is 2. The zero-order valence-corrected chi connectivity index (χ0v) is 12.5. The number of aromatic nitrogens is 1. The van der Waals surface area contributed by atoms with Crippen molar-refractivity contribution in [2.75, 3.05) is 13.1 Å². The lowest BCUT2D eigenvalue weighted by Crippen LogP contribution is -2.17. The molecule has 112 valence electrons. The summed E-state index contributed by atoms with van der Waals surface area (Å²) in [5.41, 5.74) is 5.19. The molecule has 0 saturated carbocycles. The third-order valence-electron chi connectivity index (χ3n) is 4.44. The van der Waals surface area contributed by atoms with E-state index in [0.717, 1.165) is 38.0 Å². The summed E-state index contributed by atoms with van der Waals surface area (Å²) in [5.74, 6) is 0.335. The van der Waals surface area contributed by atoms with Gasteiger partial charge in [0.05, 0.1) is 0 Å². The average molecular weight is 292 g/mol. The quantitative estimate of drug-likeness (QED) is 0.761. The molecule has 1 aromatic heterocycles. The van der Waals surface area contributed by atoms with Crippen molar-refractivity contribution < 1.29 is 5.11 Å². The van der Waals surface area contributed by atoms with Crippen LogP contribution < -0.4 is 5.32 Å². The van der Waals surface area contributed by atoms with Crippen LogP contribution in [0.4, 0.5) is 0 Å². The van der Waals surface area contributed by atoms with Gasteiger partial charge in [0.2, 0.25) is 0 Å². The lowest BCUT2D eigenvalue weighted by Gasteiger charge is -2.07. The summed E-state index contributed by atoms with van der Waals surface area (Å²) in [7, 11) is 0. The van der Waals surface area contributed by atoms with Gasteiger partial charge in [-0.1, -0.05) is 18.2 Å². The normalized spacial score (nSPS) is 14.7. The van der Waals surface area contributed by atoms with Crippen LogP contribution in [0.2, 0.25) is 0 Å². The second-order valence-corrected chi connectivity index (χ2v) is 6.03. The van der Waals surface area contributed by atoms with Crippen molar-refractivity contribution in [3.05, 3.63) is 65.4 Å². The Balaban J connectivity index is 1.69. The molecule has 0 unspecified atom stereocenters. The first-order valence-electron chi connectivity index (χ1n) is 7.89. The van der Waals surface area contributed by atoms with E-state index >= 15 is 0 Å². The number of hydrogen-bond donors (Lipinski definition) is 2. The van der Waals surface area contributed by atoms with E-state index in [1.165, 1.54) is 22.2 Å². The molecule has 22 heavy (non-hydrogen) atoms. The highest BCUT2D eigenvalue weighted by Crippen LogP contribution is 2.24. The SMILES string of the molecule is Oc1cccc(Cc2ccc3c(c2)cc2n3CCNCC2)c1. The van der Waals surface area contributed by atoms with Gasteiger partial charge in [-0.3, -0.25) is 0 Å². The fourth-order valence-electron chi connectivity index (χ4n) is 3.39. The summed E-state index contributed by atoms with van der Waals surface area (Å²) < 4.78 is 2.44. The second kappa shape index (κ2) is 5.50. The molecule has 2 heterocycles. The topological polar surface area (TPSA) is 37.2 Å². The van der Waals surface area contributed by atoms with Crippen molar-refractivity contribution in [2.24, 2.45) is 0 Å². The van der Waals surface area contributed by atoms with E-state index in [-0.39, 0.29) is 0 Å². The number of aromatic hydroxyl groups is 1. The van der Waals surface area contributed by atoms with Gasteiger partial charge in [0.1, 0.15) is 5.75 Å². The van der Waals surface area contributed by atoms with E-state index in [2.05, 4.69) is 40.2 Å². The van der Waals surface area contributed by atoms with Gasteiger partial charge < -0.3 is 15.0 Å². The lowest BCUT2D eigenvalue weighted by molar-refractivity contribution is 0.474. The molecule has 1 aliphatic heterocycles. The van der Waals surface area contributed by atoms with E-state index in [9.17, 15) is 5.11 Å². The van der Waals surface area contributed by atoms with E-state index in [1.807, 2.05) is 12.1 Å². The number of fused-ring (bicyclic) bond motifs is 3. The number of nitrogens with one attached hydrogen (secondary N) is 1. The van der Waals surface area contributed by atoms with Crippen LogP contribution in [0.1, 0.15) is 16.8 Å². The molecule has 2 aromatic carbocycles. The van der Waals surface area contributed by atoms with Crippen LogP contribution in [-0.4, -0.2) is 22.8 Å². The predicted octanol–water partition coefficient (Wildman–Crippen LogP) is 3.08. The van der Waals surface area contributed by atoms with Gasteiger partial charge in [-0.25, -0.2) is 0 Å². The Kier molecular flexibility index (Phi) is 3.35. The number of hydrogen-bond acceptors (Lipinski definition) is 2. The maximum atomic E-state index is 9.59. The van der Waals surface area contributed by atoms with E-state index < -0.39 is 0 Å². The molecule has 4 rings (SSSR count). The molecule has 0 fully saturated rings. The Bertz CT molecular complexity index is 819. The highest BCUT2D eigenvalue weighted by molar-refractivity contribution is 5.82. The first kappa shape index (κ1) is 13.4. The number of phenolic OH excluding ortho intramolecular Hbond substituents is 1. The summed E-state index contributed by atoms with van der Waals surface area (Å²) in [4.78, 5) is 0. The van der Waals surface area contributed by atoms with Crippen LogP contribution in [0.3, 0.4) is 0 Å². The maximum Gasteiger partial charge on any atom is 0.115 e. The summed E-state index contributed by atoms with van der Waals surface area (Å²) in [6.07, 6.45) is 1.95. The first-order chi connectivity index (χ1) is 10.8. The van der Waals surface area contributed by atoms with Crippen molar-refractivity contribution in [3.8, 4) is 5.75 Å². The minimum Gasteiger partial charge on any atom is -0.508 e. The first-order valence-corrected chi connectivity index (χ1v) is 7.89. The van der Waals surface area contributed by atoms with Crippen LogP contribution >= 0.6 is 0 Å². The zero-order valence-electron chi connectivity index (χ0n) is 12.5. The molecule has 0 atom stereocenters. The number of benzene rings is 2. The van der Waals surface area contributed by atoms with Crippen molar-refractivity contribution >= 4 is 10.9 Å². The fourth-order valence-corrected chi connectivity index (χ4v) is 3.39. The second-order valence-electron chi connectivity index (χ2n) is 6.03. The van der Waals surface area contributed by atoms with Crippen molar-refractivity contribution in [3.63, 3.8) is 0 Å². The molecule has 0 bridgehead atoms. The Labute approximate surface area is 130 Å². The Morgan fingerprint density at radius 2 is 1.91 bits per heavy atom. The molecule has 0 spiro atoms. The summed E-state index contributed by atoms with van der Waals surface area (Å²) in [5, 5.41) is 14.4. The van der Waals surface area contributed by atoms with Gasteiger partial charge in [-0.15, -0.1) is 0 Å². The third-order valence-corrected chi connectivity index (χ3v) is 4.44. The summed E-state index contributed by atoms with van der Waals surface area (Å²) >= 11 is 0. The van der Waals surface area contributed by atoms with Gasteiger partial charge in [-0.2, -0.15) is 0 Å². The smallest absolute Gasteiger partial charge is 0.115 e. The average Bonchev–Trinajstić information content (AvgIpc) is 2.68. The van der Waals surface area contributed by atoms with E-state index in [1.54, 1.807) is 6.07 Å². The predicted molar refractivity (Wildman–Crippen MR) is 89.4 cm³/mol. The molecule has 3 heteroatoms. The highest BCUT2D eigenvalue weighted by atomic mass is 16.3. The summed E-state index contributed by atoms with van der Waals surface area (Å²) in [6, 6.07) is 16.6. The van der Waals surface area contributed by atoms with Gasteiger partial charge in [0.25, 0.3) is 0 Å². The van der Waals surface area contributed by atoms with Crippen molar-refractivity contribution in [2.45, 2.75) is 19.4 Å². The minimum atomic E-state index is 0.335. The lowest BCUT2D eigenvalue weighted by atomic mass is 10.0. The third kappa shape index (κ3) is 2.48. The highest BCUT2D eigenvalue weighted by Gasteiger charge is 2.11. The van der Waals surface area contributed by atoms with Crippen LogP contribution in [0.5, 0.6) is 5.75 Å². The van der Waals surface area contributed by atoms with Gasteiger partial charge in [0.15, 0.2) is 0 Å². The van der Waals surface area contributed by atoms with Crippen LogP contribution in [0.15, 0.2) is 48.5 Å². The molecule has 1 aliphatic rings. The number of phenols is 1. The van der Waals surface area contributed by atoms with Crippen LogP contribution in [0.25, 0.3) is 10.9 Å². The van der Waals surface area contributed by atoms with Gasteiger partial charge >= 0.3 is 0 Å². The van der Waals surface area contributed by atoms with E-state index in [4.69, 9.17) is 0 Å². The fraction of sp³-hybridized carbons (Fsp3) is 0.263. The molecule has 2 N–H and O–H groups in total. The molecule has 3 nitrogen and oxygen atoms in total. The van der Waals surface area contributed by atoms with Crippen LogP contribution in [-0.2, 0) is 19.4 Å². The molecule has 3 aromatic rings. The largest absolute Gasteiger partial charge is 0.508 e. The standard InChI is InChI=1S/C19H20N2O/c22-18-3-1-2-14(12-18)10-15-4-5-19-16(11-15)13-17-6-7-20-8-9-21(17)19/h1-5,11-13,20,22H,6-10H2. The molecular formula is C19H20N2O. The maximum absolute atomic E-state index is 9.59. The van der Waals surface area contributed by atoms with Gasteiger partial charge in [-0.05, 0) is 47.9 Å². The van der Waals surface area contributed by atoms with Gasteiger partial charge in [0, 0.05) is 42.7 Å². The molecule has 0 aliphatic carbocycles. The monoisotopic (exact) mass is 292 g/mol. The van der Waals surface area contributed by atoms with Crippen LogP contribution in [0, 0.1) is 0 Å².